The summed E-state index contributed by atoms with van der Waals surface area (Å²) in [6, 6.07) is 5.72. The molecule has 0 heterocycles. The zero-order valence-corrected chi connectivity index (χ0v) is 12.7. The number of rotatable bonds is 6. The predicted molar refractivity (Wildman–Crippen MR) is 81.7 cm³/mol. The van der Waals surface area contributed by atoms with Gasteiger partial charge in [0, 0.05) is 23.7 Å². The fraction of sp³-hybridized carbons (Fsp3) is 0.438. The Morgan fingerprint density at radius 2 is 2.05 bits per heavy atom. The molecule has 1 fully saturated rings. The van der Waals surface area contributed by atoms with Crippen LogP contribution in [0.15, 0.2) is 24.3 Å². The highest BCUT2D eigenvalue weighted by molar-refractivity contribution is 5.99. The lowest BCUT2D eigenvalue weighted by Crippen LogP contribution is -2.44. The van der Waals surface area contributed by atoms with E-state index in [0.717, 1.165) is 12.8 Å². The van der Waals surface area contributed by atoms with Gasteiger partial charge in [-0.2, -0.15) is 0 Å². The first-order valence-electron chi connectivity index (χ1n) is 7.39. The van der Waals surface area contributed by atoms with Crippen molar-refractivity contribution >= 4 is 23.5 Å². The van der Waals surface area contributed by atoms with Crippen molar-refractivity contribution in [3.05, 3.63) is 29.8 Å². The summed E-state index contributed by atoms with van der Waals surface area (Å²) in [6.07, 6.45) is 2.01. The molecule has 1 aliphatic carbocycles. The molecule has 0 spiro atoms. The summed E-state index contributed by atoms with van der Waals surface area (Å²) in [5.41, 5.74) is 0.922. The number of nitrogens with zero attached hydrogens (tertiary/aromatic N) is 1. The number of anilines is 1. The maximum Gasteiger partial charge on any atom is 0.326 e. The third kappa shape index (κ3) is 3.63. The van der Waals surface area contributed by atoms with Crippen LogP contribution in [-0.4, -0.2) is 39.9 Å². The molecule has 1 unspecified atom stereocenters. The maximum atomic E-state index is 12.6. The summed E-state index contributed by atoms with van der Waals surface area (Å²) in [7, 11) is 0. The predicted octanol–water partition coefficient (Wildman–Crippen LogP) is 2.11. The molecule has 6 nitrogen and oxygen atoms in total. The van der Waals surface area contributed by atoms with E-state index in [1.807, 2.05) is 0 Å². The van der Waals surface area contributed by atoms with E-state index in [0.29, 0.717) is 17.7 Å². The van der Waals surface area contributed by atoms with Crippen molar-refractivity contribution in [2.24, 2.45) is 0 Å². The van der Waals surface area contributed by atoms with Gasteiger partial charge in [0.25, 0.3) is 5.91 Å². The fourth-order valence-electron chi connectivity index (χ4n) is 2.26. The molecule has 1 aromatic rings. The Balaban J connectivity index is 2.21. The van der Waals surface area contributed by atoms with Crippen molar-refractivity contribution in [1.82, 2.24) is 4.90 Å². The summed E-state index contributed by atoms with van der Waals surface area (Å²) in [4.78, 5) is 36.7. The molecule has 22 heavy (non-hydrogen) atoms. The van der Waals surface area contributed by atoms with Gasteiger partial charge in [-0.1, -0.05) is 13.0 Å². The Labute approximate surface area is 129 Å². The number of carboxylic acids is 1. The molecule has 0 aromatic heterocycles. The number of benzene rings is 1. The Kier molecular flexibility index (Phi) is 4.80. The normalized spacial score (nSPS) is 15.0. The zero-order valence-electron chi connectivity index (χ0n) is 12.7. The van der Waals surface area contributed by atoms with Crippen molar-refractivity contribution < 1.29 is 19.5 Å². The van der Waals surface area contributed by atoms with Crippen LogP contribution in [0.1, 0.15) is 43.5 Å². The van der Waals surface area contributed by atoms with Crippen molar-refractivity contribution in [3.63, 3.8) is 0 Å². The van der Waals surface area contributed by atoms with Gasteiger partial charge in [0.2, 0.25) is 5.91 Å². The molecule has 0 radical (unpaired) electrons. The molecular formula is C16H20N2O4. The van der Waals surface area contributed by atoms with Gasteiger partial charge in [0.15, 0.2) is 0 Å². The Morgan fingerprint density at radius 1 is 1.36 bits per heavy atom. The first kappa shape index (κ1) is 16.0. The van der Waals surface area contributed by atoms with E-state index in [1.54, 1.807) is 31.2 Å². The van der Waals surface area contributed by atoms with Crippen LogP contribution in [0, 0.1) is 0 Å². The molecule has 2 amide bonds. The first-order chi connectivity index (χ1) is 10.4. The number of nitrogens with one attached hydrogen (secondary N) is 1. The van der Waals surface area contributed by atoms with Crippen LogP contribution >= 0.6 is 0 Å². The number of aliphatic carboxylic acids is 1. The Bertz CT molecular complexity index is 596. The second-order valence-electron chi connectivity index (χ2n) is 5.44. The highest BCUT2D eigenvalue weighted by Gasteiger charge is 2.38. The van der Waals surface area contributed by atoms with Gasteiger partial charge in [0.05, 0.1) is 0 Å². The van der Waals surface area contributed by atoms with E-state index in [-0.39, 0.29) is 17.9 Å². The van der Waals surface area contributed by atoms with Crippen molar-refractivity contribution in [2.75, 3.05) is 5.32 Å². The van der Waals surface area contributed by atoms with E-state index in [9.17, 15) is 19.5 Å². The second-order valence-corrected chi connectivity index (χ2v) is 5.44. The minimum absolute atomic E-state index is 0.00695. The number of amides is 2. The summed E-state index contributed by atoms with van der Waals surface area (Å²) < 4.78 is 0. The minimum Gasteiger partial charge on any atom is -0.480 e. The van der Waals surface area contributed by atoms with Crippen LogP contribution in [0.25, 0.3) is 0 Å². The molecule has 2 rings (SSSR count). The highest BCUT2D eigenvalue weighted by Crippen LogP contribution is 2.30. The van der Waals surface area contributed by atoms with Gasteiger partial charge >= 0.3 is 5.97 Å². The number of hydrogen-bond donors (Lipinski definition) is 2. The van der Waals surface area contributed by atoms with Crippen LogP contribution < -0.4 is 5.32 Å². The number of hydrogen-bond acceptors (Lipinski definition) is 3. The molecule has 1 aromatic carbocycles. The lowest BCUT2D eigenvalue weighted by atomic mass is 10.1. The zero-order chi connectivity index (χ0) is 16.3. The summed E-state index contributed by atoms with van der Waals surface area (Å²) in [5.74, 6) is -1.47. The number of carboxylic acid groups (broad SMARTS) is 1. The van der Waals surface area contributed by atoms with Crippen LogP contribution in [0.2, 0.25) is 0 Å². The lowest BCUT2D eigenvalue weighted by molar-refractivity contribution is -0.141. The molecular weight excluding hydrogens is 284 g/mol. The topological polar surface area (TPSA) is 86.7 Å². The van der Waals surface area contributed by atoms with Crippen molar-refractivity contribution in [2.45, 2.75) is 45.2 Å². The van der Waals surface area contributed by atoms with Gasteiger partial charge in [0.1, 0.15) is 6.04 Å². The van der Waals surface area contributed by atoms with Crippen LogP contribution in [0.3, 0.4) is 0 Å². The van der Waals surface area contributed by atoms with E-state index in [2.05, 4.69) is 5.32 Å². The number of carbonyl (C=O) groups excluding carboxylic acids is 2. The smallest absolute Gasteiger partial charge is 0.326 e. The third-order valence-corrected chi connectivity index (χ3v) is 3.66. The standard InChI is InChI=1S/C16H20N2O4/c1-3-14(19)17-12-6-4-5-11(9-12)15(20)18(13-7-8-13)10(2)16(21)22/h4-6,9-10,13H,3,7-8H2,1-2H3,(H,17,19)(H,21,22). The molecule has 1 aliphatic rings. The van der Waals surface area contributed by atoms with Gasteiger partial charge < -0.3 is 15.3 Å². The average Bonchev–Trinajstić information content (AvgIpc) is 3.32. The van der Waals surface area contributed by atoms with E-state index >= 15 is 0 Å². The summed E-state index contributed by atoms with van der Waals surface area (Å²) in [5, 5.41) is 11.9. The van der Waals surface area contributed by atoms with Gasteiger partial charge in [-0.25, -0.2) is 4.79 Å². The fourth-order valence-corrected chi connectivity index (χ4v) is 2.26. The third-order valence-electron chi connectivity index (χ3n) is 3.66. The average molecular weight is 304 g/mol. The largest absolute Gasteiger partial charge is 0.480 e. The minimum atomic E-state index is -1.02. The molecule has 118 valence electrons. The summed E-state index contributed by atoms with van der Waals surface area (Å²) >= 11 is 0. The summed E-state index contributed by atoms with van der Waals surface area (Å²) in [6.45, 7) is 3.26. The van der Waals surface area contributed by atoms with Crippen LogP contribution in [-0.2, 0) is 9.59 Å². The Hall–Kier alpha value is -2.37. The van der Waals surface area contributed by atoms with E-state index in [1.165, 1.54) is 11.8 Å². The van der Waals surface area contributed by atoms with Gasteiger partial charge in [-0.05, 0) is 38.0 Å². The molecule has 0 saturated heterocycles. The van der Waals surface area contributed by atoms with E-state index < -0.39 is 12.0 Å². The van der Waals surface area contributed by atoms with E-state index in [4.69, 9.17) is 0 Å². The molecule has 6 heteroatoms. The molecule has 2 N–H and O–H groups in total. The van der Waals surface area contributed by atoms with Crippen molar-refractivity contribution in [3.8, 4) is 0 Å². The maximum absolute atomic E-state index is 12.6. The molecule has 1 saturated carbocycles. The van der Waals surface area contributed by atoms with Gasteiger partial charge in [-0.3, -0.25) is 9.59 Å². The lowest BCUT2D eigenvalue weighted by Gasteiger charge is -2.26. The highest BCUT2D eigenvalue weighted by atomic mass is 16.4. The first-order valence-corrected chi connectivity index (χ1v) is 7.39. The quantitative estimate of drug-likeness (QED) is 0.842. The molecule has 0 bridgehead atoms. The van der Waals surface area contributed by atoms with Crippen LogP contribution in [0.5, 0.6) is 0 Å². The van der Waals surface area contributed by atoms with Crippen LogP contribution in [0.4, 0.5) is 5.69 Å². The second kappa shape index (κ2) is 6.60. The Morgan fingerprint density at radius 3 is 2.59 bits per heavy atom. The number of carbonyl (C=O) groups is 3. The SMILES string of the molecule is CCC(=O)Nc1cccc(C(=O)N(C2CC2)C(C)C(=O)O)c1. The van der Waals surface area contributed by atoms with Gasteiger partial charge in [-0.15, -0.1) is 0 Å². The molecule has 1 atom stereocenters. The molecule has 0 aliphatic heterocycles. The monoisotopic (exact) mass is 304 g/mol. The van der Waals surface area contributed by atoms with Crippen molar-refractivity contribution in [1.29, 1.82) is 0 Å².